The van der Waals surface area contributed by atoms with E-state index in [1.807, 2.05) is 60.7 Å². The van der Waals surface area contributed by atoms with Crippen LogP contribution in [0.3, 0.4) is 0 Å². The molecule has 0 saturated heterocycles. The number of halogens is 2. The quantitative estimate of drug-likeness (QED) is 0.353. The van der Waals surface area contributed by atoms with Crippen LogP contribution in [0.1, 0.15) is 0 Å². The summed E-state index contributed by atoms with van der Waals surface area (Å²) in [6, 6.07) is 19.7. The van der Waals surface area contributed by atoms with E-state index in [1.54, 1.807) is 24.8 Å². The summed E-state index contributed by atoms with van der Waals surface area (Å²) >= 11 is 0. The van der Waals surface area contributed by atoms with Gasteiger partial charge in [-0.05, 0) is 59.7 Å². The van der Waals surface area contributed by atoms with Crippen LogP contribution in [0.15, 0.2) is 85.5 Å². The van der Waals surface area contributed by atoms with Crippen LogP contribution < -0.4 is 24.8 Å². The normalized spacial score (nSPS) is 9.33. The summed E-state index contributed by atoms with van der Waals surface area (Å²) in [5.74, 6) is 0. The van der Waals surface area contributed by atoms with Crippen molar-refractivity contribution >= 4 is 0 Å². The third kappa shape index (κ3) is 5.34. The van der Waals surface area contributed by atoms with Gasteiger partial charge in [0.25, 0.3) is 0 Å². The molecule has 0 bridgehead atoms. The van der Waals surface area contributed by atoms with Crippen molar-refractivity contribution < 1.29 is 41.9 Å². The zero-order valence-corrected chi connectivity index (χ0v) is 16.4. The third-order valence-electron chi connectivity index (χ3n) is 3.69. The van der Waals surface area contributed by atoms with E-state index < -0.39 is 0 Å². The second-order valence-electron chi connectivity index (χ2n) is 5.29. The number of hydrogen-bond donors (Lipinski definition) is 0. The molecule has 27 heavy (non-hydrogen) atoms. The maximum absolute atomic E-state index is 4.76. The molecule has 139 valence electrons. The molecule has 1 radical (unpaired) electrons. The van der Waals surface area contributed by atoms with E-state index in [9.17, 15) is 0 Å². The smallest absolute Gasteiger partial charge is 1.00 e. The van der Waals surface area contributed by atoms with Crippen molar-refractivity contribution in [2.75, 3.05) is 0 Å². The second kappa shape index (κ2) is 10.8. The first-order valence-electron chi connectivity index (χ1n) is 7.65. The molecule has 0 fully saturated rings. The summed E-state index contributed by atoms with van der Waals surface area (Å²) in [5.41, 5.74) is 5.47. The Bertz CT molecular complexity index is 816. The van der Waals surface area contributed by atoms with Gasteiger partial charge in [0.2, 0.25) is 0 Å². The van der Waals surface area contributed by atoms with Crippen molar-refractivity contribution in [3.8, 4) is 33.9 Å². The Morgan fingerprint density at radius 1 is 0.519 bits per heavy atom. The van der Waals surface area contributed by atoms with Gasteiger partial charge in [0.1, 0.15) is 0 Å². The number of nitrogens with zero attached hydrogens (tertiary/aromatic N) is 4. The van der Waals surface area contributed by atoms with Gasteiger partial charge in [0, 0.05) is 24.8 Å². The molecular formula is C20H14Cl2CuN4. The van der Waals surface area contributed by atoms with Gasteiger partial charge in [-0.1, -0.05) is 12.1 Å². The maximum Gasteiger partial charge on any atom is 2.00 e. The van der Waals surface area contributed by atoms with Crippen molar-refractivity contribution in [3.05, 3.63) is 85.5 Å². The number of rotatable bonds is 3. The Balaban J connectivity index is 0.00000121. The minimum Gasteiger partial charge on any atom is -1.00 e. The molecule has 4 nitrogen and oxygen atoms in total. The van der Waals surface area contributed by atoms with Crippen LogP contribution in [0.25, 0.3) is 33.9 Å². The first-order chi connectivity index (χ1) is 11.9. The Morgan fingerprint density at radius 3 is 1.48 bits per heavy atom. The summed E-state index contributed by atoms with van der Waals surface area (Å²) in [6.45, 7) is 0. The van der Waals surface area contributed by atoms with Gasteiger partial charge in [0.15, 0.2) is 0 Å². The van der Waals surface area contributed by atoms with E-state index in [-0.39, 0.29) is 41.9 Å². The van der Waals surface area contributed by atoms with Crippen LogP contribution in [-0.2, 0) is 17.1 Å². The van der Waals surface area contributed by atoms with Gasteiger partial charge in [-0.3, -0.25) is 15.0 Å². The first-order valence-corrected chi connectivity index (χ1v) is 7.65. The average Bonchev–Trinajstić information content (AvgIpc) is 2.70. The van der Waals surface area contributed by atoms with Gasteiger partial charge in [-0.25, -0.2) is 4.98 Å². The predicted octanol–water partition coefficient (Wildman–Crippen LogP) is -1.73. The molecule has 4 rings (SSSR count). The molecule has 7 heteroatoms. The molecule has 4 aromatic rings. The molecule has 0 unspecified atom stereocenters. The monoisotopic (exact) mass is 443 g/mol. The number of aromatic nitrogens is 4. The van der Waals surface area contributed by atoms with E-state index in [4.69, 9.17) is 4.98 Å². The molecule has 0 amide bonds. The molecule has 0 aromatic carbocycles. The topological polar surface area (TPSA) is 51.6 Å². The summed E-state index contributed by atoms with van der Waals surface area (Å²) in [5, 5.41) is 0. The zero-order valence-electron chi connectivity index (χ0n) is 13.9. The van der Waals surface area contributed by atoms with E-state index in [0.717, 1.165) is 33.9 Å². The van der Waals surface area contributed by atoms with Crippen LogP contribution in [0.2, 0.25) is 0 Å². The largest absolute Gasteiger partial charge is 2.00 e. The van der Waals surface area contributed by atoms with Crippen molar-refractivity contribution in [2.24, 2.45) is 0 Å². The SMILES string of the molecule is [Cl-].[Cl-].[Cu+2].c1ccc(-c2cc(-c3ccncc3)cc(-c3ccccn3)n2)nc1. The molecule has 0 aliphatic rings. The van der Waals surface area contributed by atoms with Gasteiger partial charge in [-0.2, -0.15) is 0 Å². The van der Waals surface area contributed by atoms with Crippen molar-refractivity contribution in [3.63, 3.8) is 0 Å². The van der Waals surface area contributed by atoms with Gasteiger partial charge < -0.3 is 24.8 Å². The Labute approximate surface area is 180 Å². The molecule has 0 aliphatic heterocycles. The fourth-order valence-electron chi connectivity index (χ4n) is 2.53. The molecule has 4 heterocycles. The van der Waals surface area contributed by atoms with Crippen molar-refractivity contribution in [1.29, 1.82) is 0 Å². The summed E-state index contributed by atoms with van der Waals surface area (Å²) in [4.78, 5) is 17.7. The average molecular weight is 445 g/mol. The van der Waals surface area contributed by atoms with Crippen molar-refractivity contribution in [2.45, 2.75) is 0 Å². The summed E-state index contributed by atoms with van der Waals surface area (Å²) in [7, 11) is 0. The predicted molar refractivity (Wildman–Crippen MR) is 93.9 cm³/mol. The Kier molecular flexibility index (Phi) is 9.06. The van der Waals surface area contributed by atoms with Crippen molar-refractivity contribution in [1.82, 2.24) is 19.9 Å². The molecule has 0 saturated carbocycles. The second-order valence-corrected chi connectivity index (χ2v) is 5.29. The van der Waals surface area contributed by atoms with E-state index in [1.165, 1.54) is 0 Å². The Morgan fingerprint density at radius 2 is 1.04 bits per heavy atom. The molecular weight excluding hydrogens is 431 g/mol. The Hall–Kier alpha value is -2.30. The standard InChI is InChI=1S/C20H14N4.2ClH.Cu/c1-3-9-22-17(5-1)19-13-16(15-7-11-21-12-8-15)14-20(24-19)18-6-2-4-10-23-18;;;/h1-14H;2*1H;/q;;;+2/p-2. The van der Waals surface area contributed by atoms with Gasteiger partial charge in [-0.15, -0.1) is 0 Å². The van der Waals surface area contributed by atoms with Gasteiger partial charge in [0.05, 0.1) is 22.8 Å². The zero-order chi connectivity index (χ0) is 16.2. The minimum absolute atomic E-state index is 0. The number of hydrogen-bond acceptors (Lipinski definition) is 4. The molecule has 0 spiro atoms. The van der Waals surface area contributed by atoms with E-state index in [0.29, 0.717) is 0 Å². The minimum atomic E-state index is 0. The van der Waals surface area contributed by atoms with E-state index in [2.05, 4.69) is 15.0 Å². The van der Waals surface area contributed by atoms with Crippen LogP contribution in [0, 0.1) is 0 Å². The van der Waals surface area contributed by atoms with Gasteiger partial charge >= 0.3 is 17.1 Å². The molecule has 0 atom stereocenters. The summed E-state index contributed by atoms with van der Waals surface area (Å²) < 4.78 is 0. The summed E-state index contributed by atoms with van der Waals surface area (Å²) in [6.07, 6.45) is 7.13. The molecule has 0 aliphatic carbocycles. The van der Waals surface area contributed by atoms with Crippen LogP contribution >= 0.6 is 0 Å². The molecule has 0 N–H and O–H groups in total. The number of pyridine rings is 4. The fraction of sp³-hybridized carbons (Fsp3) is 0. The van der Waals surface area contributed by atoms with Crippen LogP contribution in [-0.4, -0.2) is 19.9 Å². The van der Waals surface area contributed by atoms with E-state index >= 15 is 0 Å². The van der Waals surface area contributed by atoms with Crippen LogP contribution in [0.4, 0.5) is 0 Å². The first kappa shape index (κ1) is 22.7. The third-order valence-corrected chi connectivity index (χ3v) is 3.69. The molecule has 4 aromatic heterocycles. The fourth-order valence-corrected chi connectivity index (χ4v) is 2.53. The van der Waals surface area contributed by atoms with Crippen LogP contribution in [0.5, 0.6) is 0 Å². The maximum atomic E-state index is 4.76.